The molecule has 1 saturated heterocycles. The number of hydrogen-bond donors (Lipinski definition) is 4. The van der Waals surface area contributed by atoms with Crippen molar-refractivity contribution in [1.29, 1.82) is 0 Å². The number of primary amides is 1. The van der Waals surface area contributed by atoms with Gasteiger partial charge in [0.25, 0.3) is 0 Å². The molecule has 3 aliphatic rings. The summed E-state index contributed by atoms with van der Waals surface area (Å²) in [5, 5.41) is 8.37. The Morgan fingerprint density at radius 3 is 2.11 bits per heavy atom. The number of morpholine rings is 1. The third-order valence-corrected chi connectivity index (χ3v) is 8.85. The van der Waals surface area contributed by atoms with Crippen molar-refractivity contribution >= 4 is 41.3 Å². The van der Waals surface area contributed by atoms with Gasteiger partial charge in [-0.15, -0.1) is 0 Å². The minimum atomic E-state index is -1.30. The Morgan fingerprint density at radius 2 is 1.47 bits per heavy atom. The molecule has 53 heavy (non-hydrogen) atoms. The van der Waals surface area contributed by atoms with E-state index in [-0.39, 0.29) is 25.0 Å². The fourth-order valence-corrected chi connectivity index (χ4v) is 6.19. The second-order valence-corrected chi connectivity index (χ2v) is 12.4. The number of carbonyl (C=O) groups is 5. The molecule has 0 saturated carbocycles. The summed E-state index contributed by atoms with van der Waals surface area (Å²) in [6, 6.07) is 25.9. The Balaban J connectivity index is 0.000000376. The summed E-state index contributed by atoms with van der Waals surface area (Å²) >= 11 is 0. The highest BCUT2D eigenvalue weighted by molar-refractivity contribution is 5.99. The lowest BCUT2D eigenvalue weighted by Gasteiger charge is -2.37. The summed E-state index contributed by atoms with van der Waals surface area (Å²) in [5.41, 5.74) is 7.66. The minimum absolute atomic E-state index is 0.233. The van der Waals surface area contributed by atoms with Crippen LogP contribution in [0.1, 0.15) is 52.9 Å². The molecular formula is C39H39N5O9. The monoisotopic (exact) mass is 721 g/mol. The maximum absolute atomic E-state index is 13.1. The number of nitrogens with one attached hydrogen (secondary N) is 3. The van der Waals surface area contributed by atoms with Gasteiger partial charge in [-0.3, -0.25) is 9.59 Å². The zero-order valence-electron chi connectivity index (χ0n) is 29.2. The van der Waals surface area contributed by atoms with Crippen molar-refractivity contribution in [2.45, 2.75) is 38.5 Å². The molecule has 14 nitrogen and oxygen atoms in total. The molecule has 2 unspecified atom stereocenters. The summed E-state index contributed by atoms with van der Waals surface area (Å²) in [7, 11) is 0. The van der Waals surface area contributed by atoms with Gasteiger partial charge >= 0.3 is 18.1 Å². The highest BCUT2D eigenvalue weighted by Crippen LogP contribution is 2.56. The lowest BCUT2D eigenvalue weighted by Crippen LogP contribution is -2.43. The molecule has 4 aromatic carbocycles. The van der Waals surface area contributed by atoms with Crippen LogP contribution in [-0.4, -0.2) is 67.2 Å². The lowest BCUT2D eigenvalue weighted by atomic mass is 9.77. The van der Waals surface area contributed by atoms with Crippen molar-refractivity contribution in [1.82, 2.24) is 10.2 Å². The number of nitrogens with two attached hydrogens (primary N) is 1. The second-order valence-electron chi connectivity index (χ2n) is 12.4. The second kappa shape index (κ2) is 15.9. The van der Waals surface area contributed by atoms with Gasteiger partial charge in [-0.2, -0.15) is 0 Å². The molecule has 2 atom stereocenters. The zero-order valence-corrected chi connectivity index (χ0v) is 29.2. The van der Waals surface area contributed by atoms with Crippen molar-refractivity contribution in [3.05, 3.63) is 119 Å². The predicted molar refractivity (Wildman–Crippen MR) is 193 cm³/mol. The lowest BCUT2D eigenvalue weighted by molar-refractivity contribution is -0.125. The van der Waals surface area contributed by atoms with E-state index in [0.29, 0.717) is 71.4 Å². The SMILES string of the molecule is CCC(=O)NC(C)C(=O)Nc1ccc2c(c1)Oc1cc(NC(=O)N3CCOCC3)ccc1C21OC(=O)c2ccccc21.NC(=O)OCc1ccccc1. The molecule has 14 heteroatoms. The normalized spacial score (nSPS) is 16.9. The molecule has 0 radical (unpaired) electrons. The van der Waals surface area contributed by atoms with Gasteiger partial charge in [0, 0.05) is 59.7 Å². The molecule has 5 N–H and O–H groups in total. The molecule has 7 rings (SSSR count). The third-order valence-electron chi connectivity index (χ3n) is 8.85. The first-order chi connectivity index (χ1) is 25.6. The first-order valence-electron chi connectivity index (χ1n) is 17.1. The first-order valence-corrected chi connectivity index (χ1v) is 17.1. The van der Waals surface area contributed by atoms with Crippen LogP contribution in [0.5, 0.6) is 11.5 Å². The maximum atomic E-state index is 13.1. The number of fused-ring (bicyclic) bond motifs is 6. The van der Waals surface area contributed by atoms with Crippen LogP contribution in [0.15, 0.2) is 91.0 Å². The Morgan fingerprint density at radius 1 is 0.849 bits per heavy atom. The molecule has 3 aliphatic heterocycles. The van der Waals surface area contributed by atoms with Gasteiger partial charge < -0.3 is 45.5 Å². The number of benzene rings is 4. The Labute approximate surface area is 305 Å². The van der Waals surface area contributed by atoms with E-state index in [9.17, 15) is 24.0 Å². The summed E-state index contributed by atoms with van der Waals surface area (Å²) in [6.07, 6.45) is -0.477. The average molecular weight is 722 g/mol. The molecule has 3 heterocycles. The van der Waals surface area contributed by atoms with E-state index < -0.39 is 29.6 Å². The summed E-state index contributed by atoms with van der Waals surface area (Å²) < 4.78 is 22.4. The molecule has 274 valence electrons. The molecule has 5 amide bonds. The van der Waals surface area contributed by atoms with Crippen LogP contribution in [-0.2, 0) is 36.0 Å². The van der Waals surface area contributed by atoms with Gasteiger partial charge in [0.1, 0.15) is 24.1 Å². The Kier molecular flexibility index (Phi) is 10.9. The van der Waals surface area contributed by atoms with Crippen LogP contribution in [0.4, 0.5) is 21.0 Å². The highest BCUT2D eigenvalue weighted by Gasteiger charge is 2.53. The fourth-order valence-electron chi connectivity index (χ4n) is 6.19. The van der Waals surface area contributed by atoms with E-state index >= 15 is 0 Å². The van der Waals surface area contributed by atoms with Gasteiger partial charge in [-0.1, -0.05) is 55.5 Å². The minimum Gasteiger partial charge on any atom is -0.456 e. The number of rotatable bonds is 7. The van der Waals surface area contributed by atoms with Crippen molar-refractivity contribution in [2.24, 2.45) is 5.73 Å². The van der Waals surface area contributed by atoms with Crippen molar-refractivity contribution in [2.75, 3.05) is 36.9 Å². The van der Waals surface area contributed by atoms with Crippen LogP contribution in [0.2, 0.25) is 0 Å². The van der Waals surface area contributed by atoms with Crippen LogP contribution in [0.3, 0.4) is 0 Å². The van der Waals surface area contributed by atoms with E-state index in [2.05, 4.69) is 20.7 Å². The van der Waals surface area contributed by atoms with Crippen LogP contribution in [0.25, 0.3) is 0 Å². The number of hydrogen-bond acceptors (Lipinski definition) is 9. The van der Waals surface area contributed by atoms with Crippen molar-refractivity contribution in [3.8, 4) is 11.5 Å². The molecule has 0 bridgehead atoms. The number of amides is 5. The molecule has 4 aromatic rings. The van der Waals surface area contributed by atoms with Gasteiger partial charge in [0.05, 0.1) is 18.8 Å². The number of nitrogens with zero attached hydrogens (tertiary/aromatic N) is 1. The average Bonchev–Trinajstić information content (AvgIpc) is 3.46. The number of anilines is 2. The van der Waals surface area contributed by atoms with Crippen LogP contribution in [0, 0.1) is 0 Å². The molecule has 0 aromatic heterocycles. The van der Waals surface area contributed by atoms with Crippen LogP contribution >= 0.6 is 0 Å². The van der Waals surface area contributed by atoms with E-state index in [1.165, 1.54) is 0 Å². The number of esters is 1. The number of ether oxygens (including phenoxy) is 4. The molecular weight excluding hydrogens is 682 g/mol. The Hall–Kier alpha value is -6.41. The molecule has 1 fully saturated rings. The maximum Gasteiger partial charge on any atom is 0.404 e. The first kappa shape index (κ1) is 36.4. The van der Waals surface area contributed by atoms with E-state index in [4.69, 9.17) is 19.9 Å². The summed E-state index contributed by atoms with van der Waals surface area (Å²) in [4.78, 5) is 62.4. The van der Waals surface area contributed by atoms with E-state index in [1.54, 1.807) is 67.3 Å². The molecule has 1 spiro atoms. The van der Waals surface area contributed by atoms with Gasteiger partial charge in [0.2, 0.25) is 11.8 Å². The summed E-state index contributed by atoms with van der Waals surface area (Å²) in [6.45, 7) is 5.50. The topological polar surface area (TPSA) is 188 Å². The highest BCUT2D eigenvalue weighted by atomic mass is 16.6. The van der Waals surface area contributed by atoms with E-state index in [1.807, 2.05) is 42.5 Å². The predicted octanol–water partition coefficient (Wildman–Crippen LogP) is 5.25. The smallest absolute Gasteiger partial charge is 0.404 e. The standard InChI is InChI=1S/C31H30N4O7.C8H9NO2/c1-3-27(36)32-18(2)28(37)33-19-8-10-23-25(16-19)41-26-17-20(34-30(39)35-12-14-40-15-13-35)9-11-24(26)31(23)22-7-5-4-6-21(22)29(38)42-31;9-8(10)11-6-7-4-2-1-3-5-7/h4-11,16-18H,3,12-15H2,1-2H3,(H,32,36)(H,33,37)(H,34,39);1-5H,6H2,(H2,9,10). The molecule has 0 aliphatic carbocycles. The van der Waals surface area contributed by atoms with Gasteiger partial charge in [-0.05, 0) is 42.8 Å². The summed E-state index contributed by atoms with van der Waals surface area (Å²) in [5.74, 6) is -0.339. The number of carbonyl (C=O) groups excluding carboxylic acids is 5. The number of urea groups is 1. The quantitative estimate of drug-likeness (QED) is 0.185. The fraction of sp³-hybridized carbons (Fsp3) is 0.256. The zero-order chi connectivity index (χ0) is 37.5. The van der Waals surface area contributed by atoms with Gasteiger partial charge in [-0.25, -0.2) is 14.4 Å². The van der Waals surface area contributed by atoms with Crippen LogP contribution < -0.4 is 26.4 Å². The third kappa shape index (κ3) is 7.92. The largest absolute Gasteiger partial charge is 0.456 e. The van der Waals surface area contributed by atoms with Crippen molar-refractivity contribution in [3.63, 3.8) is 0 Å². The Bertz CT molecular complexity index is 2030. The van der Waals surface area contributed by atoms with Gasteiger partial charge in [0.15, 0.2) is 5.60 Å². The van der Waals surface area contributed by atoms with E-state index in [0.717, 1.165) is 5.56 Å². The van der Waals surface area contributed by atoms with Crippen molar-refractivity contribution < 1.29 is 42.9 Å².